The summed E-state index contributed by atoms with van der Waals surface area (Å²) >= 11 is 0. The van der Waals surface area contributed by atoms with Gasteiger partial charge in [0.1, 0.15) is 0 Å². The quantitative estimate of drug-likeness (QED) is 0.170. The number of aliphatic carboxylic acids is 1. The first kappa shape index (κ1) is 31.5. The topological polar surface area (TPSA) is 143 Å². The van der Waals surface area contributed by atoms with E-state index in [-0.39, 0.29) is 23.8 Å². The first-order chi connectivity index (χ1) is 20.6. The van der Waals surface area contributed by atoms with Gasteiger partial charge in [-0.15, -0.1) is 0 Å². The van der Waals surface area contributed by atoms with Crippen LogP contribution in [0.2, 0.25) is 0 Å². The lowest BCUT2D eigenvalue weighted by atomic mass is 9.86. The van der Waals surface area contributed by atoms with E-state index < -0.39 is 5.97 Å². The van der Waals surface area contributed by atoms with Crippen LogP contribution in [-0.2, 0) is 23.1 Å². The molecule has 0 aliphatic heterocycles. The smallest absolute Gasteiger partial charge is 0.304 e. The van der Waals surface area contributed by atoms with Crippen LogP contribution in [0.3, 0.4) is 0 Å². The van der Waals surface area contributed by atoms with Crippen LogP contribution < -0.4 is 10.6 Å². The van der Waals surface area contributed by atoms with Crippen LogP contribution in [0.4, 0.5) is 0 Å². The summed E-state index contributed by atoms with van der Waals surface area (Å²) in [5.41, 5.74) is 4.26. The molecule has 0 saturated carbocycles. The van der Waals surface area contributed by atoms with Crippen molar-refractivity contribution in [1.29, 1.82) is 0 Å². The van der Waals surface area contributed by atoms with Gasteiger partial charge in [-0.1, -0.05) is 75.7 Å². The van der Waals surface area contributed by atoms with E-state index in [1.807, 2.05) is 48.5 Å². The monoisotopic (exact) mass is 584 g/mol. The fourth-order valence-electron chi connectivity index (χ4n) is 4.51. The van der Waals surface area contributed by atoms with Gasteiger partial charge < -0.3 is 20.3 Å². The number of hydrogen-bond donors (Lipinski definition) is 3. The van der Waals surface area contributed by atoms with E-state index in [1.165, 1.54) is 0 Å². The Morgan fingerprint density at radius 2 is 1.67 bits per heavy atom. The molecule has 4 rings (SSSR count). The van der Waals surface area contributed by atoms with Gasteiger partial charge in [0.25, 0.3) is 11.8 Å². The SMILES string of the molecule is CCCCc1noc(-c2cnc(-c3ccc(CC(CNCCC(=O)O)NC(=O)c4ccc(C(C)(C)C)cc4)cc3)nc2)n1. The summed E-state index contributed by atoms with van der Waals surface area (Å²) in [6, 6.07) is 15.3. The Morgan fingerprint density at radius 3 is 2.30 bits per heavy atom. The fraction of sp³-hybridized carbons (Fsp3) is 0.394. The van der Waals surface area contributed by atoms with Crippen LogP contribution in [0, 0.1) is 0 Å². The molecule has 0 aliphatic carbocycles. The molecule has 0 spiro atoms. The Morgan fingerprint density at radius 1 is 0.977 bits per heavy atom. The summed E-state index contributed by atoms with van der Waals surface area (Å²) in [4.78, 5) is 37.4. The maximum atomic E-state index is 13.1. The molecule has 2 aromatic carbocycles. The number of nitrogens with one attached hydrogen (secondary N) is 2. The van der Waals surface area contributed by atoms with Crippen molar-refractivity contribution >= 4 is 11.9 Å². The molecule has 0 aliphatic rings. The lowest BCUT2D eigenvalue weighted by Crippen LogP contribution is -2.44. The maximum absolute atomic E-state index is 13.1. The van der Waals surface area contributed by atoms with E-state index in [0.29, 0.717) is 48.2 Å². The van der Waals surface area contributed by atoms with Crippen LogP contribution in [0.15, 0.2) is 65.4 Å². The Kier molecular flexibility index (Phi) is 10.7. The highest BCUT2D eigenvalue weighted by Gasteiger charge is 2.18. The molecule has 4 aromatic rings. The van der Waals surface area contributed by atoms with E-state index in [1.54, 1.807) is 12.4 Å². The van der Waals surface area contributed by atoms with Crippen molar-refractivity contribution in [2.45, 2.75) is 71.3 Å². The van der Waals surface area contributed by atoms with E-state index >= 15 is 0 Å². The number of carbonyl (C=O) groups is 2. The van der Waals surface area contributed by atoms with Gasteiger partial charge in [0.05, 0.1) is 12.0 Å². The van der Waals surface area contributed by atoms with Gasteiger partial charge in [0.15, 0.2) is 11.6 Å². The molecule has 0 bridgehead atoms. The molecule has 0 saturated heterocycles. The number of carboxylic acid groups (broad SMARTS) is 1. The third-order valence-corrected chi connectivity index (χ3v) is 7.07. The molecule has 43 heavy (non-hydrogen) atoms. The first-order valence-corrected chi connectivity index (χ1v) is 14.7. The minimum Gasteiger partial charge on any atom is -0.481 e. The van der Waals surface area contributed by atoms with Crippen LogP contribution in [0.25, 0.3) is 22.8 Å². The molecule has 3 N–H and O–H groups in total. The van der Waals surface area contributed by atoms with Crippen molar-refractivity contribution < 1.29 is 19.2 Å². The lowest BCUT2D eigenvalue weighted by molar-refractivity contribution is -0.136. The predicted octanol–water partition coefficient (Wildman–Crippen LogP) is 5.24. The summed E-state index contributed by atoms with van der Waals surface area (Å²) in [7, 11) is 0. The highest BCUT2D eigenvalue weighted by Crippen LogP contribution is 2.23. The molecule has 10 heteroatoms. The summed E-state index contributed by atoms with van der Waals surface area (Å²) in [5.74, 6) is 0.616. The number of unbranched alkanes of at least 4 members (excludes halogenated alkanes) is 1. The highest BCUT2D eigenvalue weighted by atomic mass is 16.5. The van der Waals surface area contributed by atoms with Gasteiger partial charge in [-0.25, -0.2) is 9.97 Å². The zero-order valence-electron chi connectivity index (χ0n) is 25.3. The Labute approximate surface area is 252 Å². The molecule has 2 aromatic heterocycles. The van der Waals surface area contributed by atoms with Gasteiger partial charge in [0.2, 0.25) is 0 Å². The van der Waals surface area contributed by atoms with Crippen LogP contribution in [0.1, 0.15) is 74.3 Å². The number of nitrogens with zero attached hydrogens (tertiary/aromatic N) is 4. The molecule has 1 unspecified atom stereocenters. The summed E-state index contributed by atoms with van der Waals surface area (Å²) in [5, 5.41) is 19.3. The fourth-order valence-corrected chi connectivity index (χ4v) is 4.51. The predicted molar refractivity (Wildman–Crippen MR) is 165 cm³/mol. The van der Waals surface area contributed by atoms with E-state index in [4.69, 9.17) is 9.63 Å². The zero-order valence-corrected chi connectivity index (χ0v) is 25.3. The number of hydrogen-bond acceptors (Lipinski definition) is 8. The number of amides is 1. The molecule has 1 atom stereocenters. The van der Waals surface area contributed by atoms with Crippen molar-refractivity contribution in [3.8, 4) is 22.8 Å². The van der Waals surface area contributed by atoms with Crippen LogP contribution in [-0.4, -0.2) is 56.2 Å². The minimum atomic E-state index is -0.869. The number of rotatable bonds is 14. The van der Waals surface area contributed by atoms with Crippen LogP contribution >= 0.6 is 0 Å². The van der Waals surface area contributed by atoms with Crippen molar-refractivity contribution in [2.75, 3.05) is 13.1 Å². The number of benzene rings is 2. The Hall–Kier alpha value is -4.44. The summed E-state index contributed by atoms with van der Waals surface area (Å²) < 4.78 is 5.36. The average Bonchev–Trinajstić information content (AvgIpc) is 3.47. The van der Waals surface area contributed by atoms with Crippen molar-refractivity contribution in [2.24, 2.45) is 0 Å². The Bertz CT molecular complexity index is 1480. The third kappa shape index (κ3) is 9.27. The standard InChI is InChI=1S/C33H40N6O4/c1-5-6-7-28-38-32(43-39-28)25-19-35-30(36-20-25)23-10-8-22(9-11-23)18-27(21-34-17-16-29(40)41)37-31(42)24-12-14-26(15-13-24)33(2,3)4/h8-15,19-20,27,34H,5-7,16-18,21H2,1-4H3,(H,37,42)(H,40,41). The molecule has 226 valence electrons. The molecular formula is C33H40N6O4. The number of carboxylic acids is 1. The normalized spacial score (nSPS) is 12.2. The zero-order chi connectivity index (χ0) is 30.8. The van der Waals surface area contributed by atoms with Crippen molar-refractivity contribution in [1.82, 2.24) is 30.7 Å². The van der Waals surface area contributed by atoms with E-state index in [9.17, 15) is 9.59 Å². The third-order valence-electron chi connectivity index (χ3n) is 7.07. The van der Waals surface area contributed by atoms with Crippen molar-refractivity contribution in [3.05, 3.63) is 83.4 Å². The van der Waals surface area contributed by atoms with E-state index in [2.05, 4.69) is 58.4 Å². The molecule has 10 nitrogen and oxygen atoms in total. The second kappa shape index (κ2) is 14.6. The maximum Gasteiger partial charge on any atom is 0.304 e. The van der Waals surface area contributed by atoms with Gasteiger partial charge in [-0.2, -0.15) is 4.98 Å². The molecule has 1 amide bonds. The Balaban J connectivity index is 1.41. The van der Waals surface area contributed by atoms with Gasteiger partial charge in [-0.3, -0.25) is 9.59 Å². The van der Waals surface area contributed by atoms with E-state index in [0.717, 1.165) is 36.0 Å². The van der Waals surface area contributed by atoms with Gasteiger partial charge in [-0.05, 0) is 41.5 Å². The molecular weight excluding hydrogens is 544 g/mol. The molecule has 2 heterocycles. The first-order valence-electron chi connectivity index (χ1n) is 14.7. The summed E-state index contributed by atoms with van der Waals surface area (Å²) in [6.07, 6.45) is 6.76. The number of carbonyl (C=O) groups excluding carboxylic acids is 1. The number of aromatic nitrogens is 4. The second-order valence-corrected chi connectivity index (χ2v) is 11.7. The van der Waals surface area contributed by atoms with Crippen LogP contribution in [0.5, 0.6) is 0 Å². The second-order valence-electron chi connectivity index (χ2n) is 11.7. The molecule has 0 radical (unpaired) electrons. The minimum absolute atomic E-state index is 0.00306. The van der Waals surface area contributed by atoms with Gasteiger partial charge >= 0.3 is 5.97 Å². The number of aryl methyl sites for hydroxylation is 1. The molecule has 0 fully saturated rings. The van der Waals surface area contributed by atoms with Gasteiger partial charge in [0, 0.05) is 49.1 Å². The average molecular weight is 585 g/mol. The largest absolute Gasteiger partial charge is 0.481 e. The lowest BCUT2D eigenvalue weighted by Gasteiger charge is -2.21. The summed E-state index contributed by atoms with van der Waals surface area (Å²) in [6.45, 7) is 9.26. The van der Waals surface area contributed by atoms with Crippen molar-refractivity contribution in [3.63, 3.8) is 0 Å². The highest BCUT2D eigenvalue weighted by molar-refractivity contribution is 5.94.